The van der Waals surface area contributed by atoms with Crippen molar-refractivity contribution in [1.29, 1.82) is 0 Å². The fourth-order valence-corrected chi connectivity index (χ4v) is 4.07. The number of aliphatic carboxylic acids is 1. The van der Waals surface area contributed by atoms with Gasteiger partial charge in [-0.25, -0.2) is 9.59 Å². The lowest BCUT2D eigenvalue weighted by Crippen LogP contribution is -2.31. The molecule has 1 amide bonds. The number of para-hydroxylation sites is 2. The highest BCUT2D eigenvalue weighted by Gasteiger charge is 2.30. The molecule has 0 unspecified atom stereocenters. The molecule has 0 aliphatic rings. The van der Waals surface area contributed by atoms with Crippen LogP contribution in [0, 0.1) is 0 Å². The standard InChI is InChI=1S/C30H27NO6/c32-26-20-19-25(23-15-7-8-16-24(23)26)29(37-30(35)31-21-11-3-1-4-12-21)27(17-9-10-18-28(33)34)36-22-13-5-2-6-14-22/h1-8,10-16,18-20,27,29,32H,9,17H2,(H,31,35)(H,33,34)/b18-10+/t27-,29-/m0/s1. The highest BCUT2D eigenvalue weighted by atomic mass is 16.6. The van der Waals surface area contributed by atoms with Gasteiger partial charge in [0.2, 0.25) is 0 Å². The molecule has 0 aromatic heterocycles. The van der Waals surface area contributed by atoms with Crippen molar-refractivity contribution in [3.05, 3.63) is 115 Å². The van der Waals surface area contributed by atoms with Crippen molar-refractivity contribution in [2.24, 2.45) is 0 Å². The summed E-state index contributed by atoms with van der Waals surface area (Å²) in [5, 5.41) is 23.5. The molecule has 0 bridgehead atoms. The molecule has 0 saturated heterocycles. The van der Waals surface area contributed by atoms with Crippen LogP contribution >= 0.6 is 0 Å². The number of carboxylic acids is 1. The van der Waals surface area contributed by atoms with Crippen LogP contribution in [0.3, 0.4) is 0 Å². The second kappa shape index (κ2) is 12.3. The number of ether oxygens (including phenoxy) is 2. The number of rotatable bonds is 10. The number of benzene rings is 4. The van der Waals surface area contributed by atoms with E-state index in [0.29, 0.717) is 40.6 Å². The first-order chi connectivity index (χ1) is 18.0. The lowest BCUT2D eigenvalue weighted by atomic mass is 9.94. The van der Waals surface area contributed by atoms with Crippen LogP contribution in [0.25, 0.3) is 10.8 Å². The first-order valence-corrected chi connectivity index (χ1v) is 11.9. The van der Waals surface area contributed by atoms with Crippen molar-refractivity contribution in [2.45, 2.75) is 25.0 Å². The van der Waals surface area contributed by atoms with Crippen LogP contribution in [0.1, 0.15) is 24.5 Å². The van der Waals surface area contributed by atoms with E-state index in [1.165, 1.54) is 0 Å². The number of nitrogens with one attached hydrogen (secondary N) is 1. The number of carbonyl (C=O) groups excluding carboxylic acids is 1. The highest BCUT2D eigenvalue weighted by molar-refractivity contribution is 5.91. The Morgan fingerprint density at radius 3 is 2.19 bits per heavy atom. The minimum absolute atomic E-state index is 0.108. The first kappa shape index (κ1) is 25.3. The van der Waals surface area contributed by atoms with Gasteiger partial charge in [0.05, 0.1) is 0 Å². The first-order valence-electron chi connectivity index (χ1n) is 11.9. The SMILES string of the molecule is O=C(O)/C=C/CC[C@H](Oc1ccccc1)[C@@H](OC(=O)Nc1ccccc1)c1ccc(O)c2ccccc12. The zero-order chi connectivity index (χ0) is 26.0. The lowest BCUT2D eigenvalue weighted by Gasteiger charge is -2.29. The second-order valence-electron chi connectivity index (χ2n) is 8.32. The van der Waals surface area contributed by atoms with Crippen molar-refractivity contribution in [3.8, 4) is 11.5 Å². The number of hydrogen-bond acceptors (Lipinski definition) is 5. The molecule has 0 radical (unpaired) electrons. The fourth-order valence-electron chi connectivity index (χ4n) is 4.07. The monoisotopic (exact) mass is 497 g/mol. The van der Waals surface area contributed by atoms with E-state index in [1.54, 1.807) is 60.7 Å². The average Bonchev–Trinajstić information content (AvgIpc) is 2.91. The van der Waals surface area contributed by atoms with Crippen molar-refractivity contribution in [3.63, 3.8) is 0 Å². The fraction of sp³-hybridized carbons (Fsp3) is 0.133. The molecule has 3 N–H and O–H groups in total. The van der Waals surface area contributed by atoms with E-state index >= 15 is 0 Å². The Morgan fingerprint density at radius 2 is 1.49 bits per heavy atom. The summed E-state index contributed by atoms with van der Waals surface area (Å²) < 4.78 is 12.3. The molecule has 0 spiro atoms. The Bertz CT molecular complexity index is 1370. The number of phenols is 1. The van der Waals surface area contributed by atoms with E-state index in [0.717, 1.165) is 6.08 Å². The predicted molar refractivity (Wildman–Crippen MR) is 142 cm³/mol. The zero-order valence-corrected chi connectivity index (χ0v) is 20.0. The number of hydrogen-bond donors (Lipinski definition) is 3. The molecule has 37 heavy (non-hydrogen) atoms. The number of phenolic OH excluding ortho intramolecular Hbond substituents is 1. The predicted octanol–water partition coefficient (Wildman–Crippen LogP) is 6.70. The van der Waals surface area contributed by atoms with Crippen LogP contribution in [-0.4, -0.2) is 28.4 Å². The van der Waals surface area contributed by atoms with Gasteiger partial charge in [0, 0.05) is 22.7 Å². The topological polar surface area (TPSA) is 105 Å². The zero-order valence-electron chi connectivity index (χ0n) is 20.0. The largest absolute Gasteiger partial charge is 0.507 e. The van der Waals surface area contributed by atoms with Crippen LogP contribution in [0.15, 0.2) is 109 Å². The molecule has 4 aromatic rings. The Morgan fingerprint density at radius 1 is 0.838 bits per heavy atom. The molecular formula is C30H27NO6. The Balaban J connectivity index is 1.73. The molecule has 4 aromatic carbocycles. The summed E-state index contributed by atoms with van der Waals surface area (Å²) in [7, 11) is 0. The lowest BCUT2D eigenvalue weighted by molar-refractivity contribution is -0.131. The summed E-state index contributed by atoms with van der Waals surface area (Å²) in [6.07, 6.45) is 1.13. The molecule has 2 atom stereocenters. The van der Waals surface area contributed by atoms with Crippen molar-refractivity contribution >= 4 is 28.5 Å². The third kappa shape index (κ3) is 6.89. The van der Waals surface area contributed by atoms with E-state index < -0.39 is 24.3 Å². The van der Waals surface area contributed by atoms with Crippen LogP contribution in [0.2, 0.25) is 0 Å². The van der Waals surface area contributed by atoms with Gasteiger partial charge in [0.25, 0.3) is 0 Å². The minimum atomic E-state index is -1.04. The van der Waals surface area contributed by atoms with Gasteiger partial charge in [0.15, 0.2) is 6.10 Å². The summed E-state index contributed by atoms with van der Waals surface area (Å²) in [4.78, 5) is 24.0. The maximum Gasteiger partial charge on any atom is 0.412 e. The van der Waals surface area contributed by atoms with Gasteiger partial charge in [-0.3, -0.25) is 5.32 Å². The van der Waals surface area contributed by atoms with Gasteiger partial charge in [-0.15, -0.1) is 0 Å². The molecule has 7 nitrogen and oxygen atoms in total. The van der Waals surface area contributed by atoms with Gasteiger partial charge in [-0.2, -0.15) is 0 Å². The summed E-state index contributed by atoms with van der Waals surface area (Å²) in [5.41, 5.74) is 1.23. The summed E-state index contributed by atoms with van der Waals surface area (Å²) in [6, 6.07) is 28.7. The Kier molecular flexibility index (Phi) is 8.39. The maximum absolute atomic E-state index is 13.0. The normalized spacial score (nSPS) is 12.6. The number of carbonyl (C=O) groups is 2. The van der Waals surface area contributed by atoms with E-state index in [2.05, 4.69) is 5.32 Å². The summed E-state index contributed by atoms with van der Waals surface area (Å²) in [6.45, 7) is 0. The van der Waals surface area contributed by atoms with E-state index in [-0.39, 0.29) is 5.75 Å². The Labute approximate surface area is 214 Å². The molecule has 0 saturated carbocycles. The number of fused-ring (bicyclic) bond motifs is 1. The molecular weight excluding hydrogens is 470 g/mol. The van der Waals surface area contributed by atoms with E-state index in [1.807, 2.05) is 42.5 Å². The molecule has 4 rings (SSSR count). The van der Waals surface area contributed by atoms with E-state index in [9.17, 15) is 14.7 Å². The third-order valence-corrected chi connectivity index (χ3v) is 5.74. The highest BCUT2D eigenvalue weighted by Crippen LogP contribution is 2.36. The molecule has 188 valence electrons. The van der Waals surface area contributed by atoms with Gasteiger partial charge in [0.1, 0.15) is 17.6 Å². The summed E-state index contributed by atoms with van der Waals surface area (Å²) >= 11 is 0. The molecule has 0 aliphatic heterocycles. The second-order valence-corrected chi connectivity index (χ2v) is 8.32. The number of aromatic hydroxyl groups is 1. The third-order valence-electron chi connectivity index (χ3n) is 5.74. The van der Waals surface area contributed by atoms with Crippen molar-refractivity contribution < 1.29 is 29.3 Å². The average molecular weight is 498 g/mol. The molecule has 7 heteroatoms. The quantitative estimate of drug-likeness (QED) is 0.211. The smallest absolute Gasteiger partial charge is 0.412 e. The van der Waals surface area contributed by atoms with Crippen LogP contribution in [0.4, 0.5) is 10.5 Å². The van der Waals surface area contributed by atoms with Crippen molar-refractivity contribution in [2.75, 3.05) is 5.32 Å². The van der Waals surface area contributed by atoms with Gasteiger partial charge >= 0.3 is 12.1 Å². The van der Waals surface area contributed by atoms with Crippen LogP contribution in [0.5, 0.6) is 11.5 Å². The number of carboxylic acid groups (broad SMARTS) is 1. The number of anilines is 1. The van der Waals surface area contributed by atoms with Crippen LogP contribution < -0.4 is 10.1 Å². The van der Waals surface area contributed by atoms with Crippen molar-refractivity contribution in [1.82, 2.24) is 0 Å². The van der Waals surface area contributed by atoms with Gasteiger partial charge in [-0.1, -0.05) is 72.8 Å². The van der Waals surface area contributed by atoms with Gasteiger partial charge < -0.3 is 19.7 Å². The van der Waals surface area contributed by atoms with Crippen LogP contribution in [-0.2, 0) is 9.53 Å². The minimum Gasteiger partial charge on any atom is -0.507 e. The Hall–Kier alpha value is -4.78. The maximum atomic E-state index is 13.0. The molecule has 0 fully saturated rings. The van der Waals surface area contributed by atoms with Gasteiger partial charge in [-0.05, 0) is 48.6 Å². The number of allylic oxidation sites excluding steroid dienone is 1. The molecule has 0 aliphatic carbocycles. The molecule has 0 heterocycles. The van der Waals surface area contributed by atoms with E-state index in [4.69, 9.17) is 14.6 Å². The summed E-state index contributed by atoms with van der Waals surface area (Å²) in [5.74, 6) is -0.355. The number of amides is 1.